The van der Waals surface area contributed by atoms with Crippen LogP contribution < -0.4 is 5.32 Å². The number of rotatable bonds is 6. The smallest absolute Gasteiger partial charge is 0.0221 e. The van der Waals surface area contributed by atoms with Crippen molar-refractivity contribution in [1.82, 2.24) is 10.2 Å². The summed E-state index contributed by atoms with van der Waals surface area (Å²) in [4.78, 5) is 2.69. The highest BCUT2D eigenvalue weighted by atomic mass is 32.2. The van der Waals surface area contributed by atoms with Crippen molar-refractivity contribution in [2.24, 2.45) is 0 Å². The van der Waals surface area contributed by atoms with Crippen LogP contribution in [0.15, 0.2) is 0 Å². The minimum Gasteiger partial charge on any atom is -0.315 e. The molecule has 3 heteroatoms. The van der Waals surface area contributed by atoms with Crippen molar-refractivity contribution >= 4 is 11.8 Å². The number of hydrogen-bond donors (Lipinski definition) is 1. The molecule has 1 aliphatic heterocycles. The van der Waals surface area contributed by atoms with Crippen molar-refractivity contribution in [3.63, 3.8) is 0 Å². The van der Waals surface area contributed by atoms with E-state index in [0.29, 0.717) is 0 Å². The van der Waals surface area contributed by atoms with Gasteiger partial charge in [0.25, 0.3) is 0 Å². The van der Waals surface area contributed by atoms with E-state index < -0.39 is 0 Å². The molecule has 1 N–H and O–H groups in total. The van der Waals surface area contributed by atoms with Crippen LogP contribution >= 0.6 is 11.8 Å². The van der Waals surface area contributed by atoms with Crippen LogP contribution in [0.3, 0.4) is 0 Å². The van der Waals surface area contributed by atoms with Gasteiger partial charge < -0.3 is 5.32 Å². The van der Waals surface area contributed by atoms with E-state index >= 15 is 0 Å². The van der Waals surface area contributed by atoms with E-state index in [1.807, 2.05) is 0 Å². The normalized spacial score (nSPS) is 25.4. The Hall–Kier alpha value is 0.270. The predicted molar refractivity (Wildman–Crippen MR) is 70.7 cm³/mol. The standard InChI is InChI=1S/C12H26N2S/c1-4-6-13-9-12(5-2)14-7-8-15-10-11(14)3/h11-13H,4-10H2,1-3H3. The van der Waals surface area contributed by atoms with Gasteiger partial charge in [-0.3, -0.25) is 4.90 Å². The van der Waals surface area contributed by atoms with Crippen LogP contribution in [0.2, 0.25) is 0 Å². The molecule has 2 atom stereocenters. The zero-order valence-corrected chi connectivity index (χ0v) is 11.3. The van der Waals surface area contributed by atoms with E-state index in [-0.39, 0.29) is 0 Å². The Morgan fingerprint density at radius 2 is 2.27 bits per heavy atom. The minimum absolute atomic E-state index is 0.743. The van der Waals surface area contributed by atoms with Crippen molar-refractivity contribution in [1.29, 1.82) is 0 Å². The lowest BCUT2D eigenvalue weighted by Gasteiger charge is -2.39. The molecule has 2 nitrogen and oxygen atoms in total. The molecule has 0 radical (unpaired) electrons. The summed E-state index contributed by atoms with van der Waals surface area (Å²) < 4.78 is 0. The highest BCUT2D eigenvalue weighted by Gasteiger charge is 2.24. The van der Waals surface area contributed by atoms with Gasteiger partial charge in [-0.1, -0.05) is 13.8 Å². The fourth-order valence-corrected chi connectivity index (χ4v) is 3.26. The lowest BCUT2D eigenvalue weighted by atomic mass is 10.1. The van der Waals surface area contributed by atoms with Gasteiger partial charge in [0.2, 0.25) is 0 Å². The summed E-state index contributed by atoms with van der Waals surface area (Å²) in [6, 6.07) is 1.50. The monoisotopic (exact) mass is 230 g/mol. The van der Waals surface area contributed by atoms with Gasteiger partial charge >= 0.3 is 0 Å². The lowest BCUT2D eigenvalue weighted by molar-refractivity contribution is 0.154. The van der Waals surface area contributed by atoms with Gasteiger partial charge in [0.1, 0.15) is 0 Å². The maximum atomic E-state index is 3.56. The molecule has 0 aromatic heterocycles. The van der Waals surface area contributed by atoms with E-state index in [2.05, 4.69) is 42.7 Å². The van der Waals surface area contributed by atoms with Crippen LogP contribution in [0.1, 0.15) is 33.6 Å². The van der Waals surface area contributed by atoms with Crippen LogP contribution in [0, 0.1) is 0 Å². The molecule has 90 valence electrons. The van der Waals surface area contributed by atoms with Gasteiger partial charge in [-0.2, -0.15) is 11.8 Å². The third-order valence-corrected chi connectivity index (χ3v) is 4.36. The second kappa shape index (κ2) is 7.53. The van der Waals surface area contributed by atoms with Crippen molar-refractivity contribution in [3.05, 3.63) is 0 Å². The molecule has 0 aromatic carbocycles. The van der Waals surface area contributed by atoms with Crippen LogP contribution in [0.5, 0.6) is 0 Å². The average Bonchev–Trinajstić information content (AvgIpc) is 2.26. The Morgan fingerprint density at radius 3 is 2.87 bits per heavy atom. The molecule has 0 saturated carbocycles. The first kappa shape index (κ1) is 13.3. The fourth-order valence-electron chi connectivity index (χ4n) is 2.22. The minimum atomic E-state index is 0.743. The SMILES string of the molecule is CCCNCC(CC)N1CCSCC1C. The van der Waals surface area contributed by atoms with E-state index in [0.717, 1.165) is 18.6 Å². The van der Waals surface area contributed by atoms with Crippen molar-refractivity contribution < 1.29 is 0 Å². The summed E-state index contributed by atoms with van der Waals surface area (Å²) in [6.07, 6.45) is 2.51. The Labute approximate surface area is 99.2 Å². The molecule has 0 amide bonds. The molecule has 0 aliphatic carbocycles. The first-order valence-electron chi connectivity index (χ1n) is 6.33. The molecule has 15 heavy (non-hydrogen) atoms. The number of hydrogen-bond acceptors (Lipinski definition) is 3. The van der Waals surface area contributed by atoms with E-state index in [9.17, 15) is 0 Å². The largest absolute Gasteiger partial charge is 0.315 e. The Morgan fingerprint density at radius 1 is 1.47 bits per heavy atom. The van der Waals surface area contributed by atoms with Gasteiger partial charge in [-0.05, 0) is 26.3 Å². The zero-order chi connectivity index (χ0) is 11.1. The topological polar surface area (TPSA) is 15.3 Å². The maximum absolute atomic E-state index is 3.56. The molecule has 1 fully saturated rings. The maximum Gasteiger partial charge on any atom is 0.0221 e. The Balaban J connectivity index is 2.34. The lowest BCUT2D eigenvalue weighted by Crippen LogP contribution is -2.50. The summed E-state index contributed by atoms with van der Waals surface area (Å²) in [6.45, 7) is 10.5. The highest BCUT2D eigenvalue weighted by Crippen LogP contribution is 2.19. The number of nitrogens with one attached hydrogen (secondary N) is 1. The van der Waals surface area contributed by atoms with Crippen LogP contribution in [-0.4, -0.2) is 48.1 Å². The Kier molecular flexibility index (Phi) is 6.69. The molecule has 0 spiro atoms. The van der Waals surface area contributed by atoms with Crippen molar-refractivity contribution in [2.45, 2.75) is 45.7 Å². The van der Waals surface area contributed by atoms with Gasteiger partial charge in [0.05, 0.1) is 0 Å². The number of thioether (sulfide) groups is 1. The molecule has 0 aromatic rings. The fraction of sp³-hybridized carbons (Fsp3) is 1.00. The quantitative estimate of drug-likeness (QED) is 0.704. The summed E-state index contributed by atoms with van der Waals surface area (Å²) in [5.41, 5.74) is 0. The van der Waals surface area contributed by atoms with E-state index in [1.54, 1.807) is 0 Å². The van der Waals surface area contributed by atoms with Crippen LogP contribution in [0.4, 0.5) is 0 Å². The third kappa shape index (κ3) is 4.33. The van der Waals surface area contributed by atoms with E-state index in [1.165, 1.54) is 37.4 Å². The van der Waals surface area contributed by atoms with Gasteiger partial charge in [-0.15, -0.1) is 0 Å². The molecule has 0 bridgehead atoms. The van der Waals surface area contributed by atoms with Crippen LogP contribution in [0.25, 0.3) is 0 Å². The highest BCUT2D eigenvalue weighted by molar-refractivity contribution is 7.99. The van der Waals surface area contributed by atoms with Gasteiger partial charge in [0, 0.05) is 36.7 Å². The first-order chi connectivity index (χ1) is 7.29. The summed E-state index contributed by atoms with van der Waals surface area (Å²) in [5.74, 6) is 2.62. The second-order valence-corrected chi connectivity index (χ2v) is 5.58. The van der Waals surface area contributed by atoms with Crippen molar-refractivity contribution in [2.75, 3.05) is 31.1 Å². The van der Waals surface area contributed by atoms with E-state index in [4.69, 9.17) is 0 Å². The summed E-state index contributed by atoms with van der Waals surface area (Å²) >= 11 is 2.10. The molecule has 1 rings (SSSR count). The van der Waals surface area contributed by atoms with Crippen LogP contribution in [-0.2, 0) is 0 Å². The third-order valence-electron chi connectivity index (χ3n) is 3.17. The molecule has 1 heterocycles. The first-order valence-corrected chi connectivity index (χ1v) is 7.49. The summed E-state index contributed by atoms with van der Waals surface area (Å²) in [5, 5.41) is 3.56. The van der Waals surface area contributed by atoms with Gasteiger partial charge in [-0.25, -0.2) is 0 Å². The molecule has 1 aliphatic rings. The Bertz CT molecular complexity index is 164. The van der Waals surface area contributed by atoms with Crippen molar-refractivity contribution in [3.8, 4) is 0 Å². The zero-order valence-electron chi connectivity index (χ0n) is 10.5. The average molecular weight is 230 g/mol. The molecule has 2 unspecified atom stereocenters. The summed E-state index contributed by atoms with van der Waals surface area (Å²) in [7, 11) is 0. The number of nitrogens with zero attached hydrogens (tertiary/aromatic N) is 1. The molecule has 1 saturated heterocycles. The predicted octanol–water partition coefficient (Wildman–Crippen LogP) is 2.20. The molecular formula is C12H26N2S. The second-order valence-electron chi connectivity index (χ2n) is 4.43. The van der Waals surface area contributed by atoms with Gasteiger partial charge in [0.15, 0.2) is 0 Å². The molecular weight excluding hydrogens is 204 g/mol.